The number of anilines is 1. The van der Waals surface area contributed by atoms with Crippen molar-refractivity contribution in [2.75, 3.05) is 31.6 Å². The molecule has 1 amide bonds. The van der Waals surface area contributed by atoms with E-state index < -0.39 is 0 Å². The van der Waals surface area contributed by atoms with Gasteiger partial charge in [-0.25, -0.2) is 4.99 Å². The topological polar surface area (TPSA) is 84.0 Å². The number of hydrogen-bond acceptors (Lipinski definition) is 4. The first-order valence-electron chi connectivity index (χ1n) is 11.3. The normalized spacial score (nSPS) is 15.1. The number of aliphatic imine (C=N–C) groups is 1. The molecule has 0 radical (unpaired) electrons. The zero-order valence-corrected chi connectivity index (χ0v) is 18.7. The Morgan fingerprint density at radius 3 is 2.53 bits per heavy atom. The number of guanidine groups is 1. The van der Waals surface area contributed by atoms with Crippen molar-refractivity contribution in [1.82, 2.24) is 10.6 Å². The third-order valence-corrected chi connectivity index (χ3v) is 4.76. The molecule has 3 N–H and O–H groups in total. The number of hydrogen-bond donors (Lipinski definition) is 3. The molecule has 0 heterocycles. The molecule has 0 bridgehead atoms. The molecule has 1 aromatic rings. The van der Waals surface area contributed by atoms with Gasteiger partial charge in [0.1, 0.15) is 12.3 Å². The van der Waals surface area contributed by atoms with Crippen molar-refractivity contribution in [3.63, 3.8) is 0 Å². The van der Waals surface area contributed by atoms with Gasteiger partial charge in [0, 0.05) is 25.4 Å². The largest absolute Gasteiger partial charge is 0.491 e. The number of amides is 1. The number of rotatable bonds is 11. The number of nitrogens with one attached hydrogen (secondary N) is 3. The Labute approximate surface area is 181 Å². The fraction of sp³-hybridized carbons (Fsp3) is 0.652. The van der Waals surface area contributed by atoms with Gasteiger partial charge in [0.05, 0.1) is 12.2 Å². The summed E-state index contributed by atoms with van der Waals surface area (Å²) in [6.45, 7) is 8.04. The van der Waals surface area contributed by atoms with Crippen molar-refractivity contribution in [3.8, 4) is 5.75 Å². The average molecular weight is 419 g/mol. The summed E-state index contributed by atoms with van der Waals surface area (Å²) in [7, 11) is 0. The lowest BCUT2D eigenvalue weighted by molar-refractivity contribution is -0.119. The molecule has 1 aromatic carbocycles. The van der Waals surface area contributed by atoms with Crippen molar-refractivity contribution >= 4 is 17.6 Å². The number of likely N-dealkylation sites (N-methyl/N-ethyl adjacent to an activating group) is 1. The van der Waals surface area contributed by atoms with Crippen LogP contribution in [-0.2, 0) is 9.53 Å². The highest BCUT2D eigenvalue weighted by Crippen LogP contribution is 2.20. The second-order valence-electron chi connectivity index (χ2n) is 7.85. The van der Waals surface area contributed by atoms with Gasteiger partial charge in [-0.3, -0.25) is 4.79 Å². The summed E-state index contributed by atoms with van der Waals surface area (Å²) in [5.74, 6) is 1.31. The second-order valence-corrected chi connectivity index (χ2v) is 7.85. The van der Waals surface area contributed by atoms with Crippen LogP contribution in [-0.4, -0.2) is 50.3 Å². The smallest absolute Gasteiger partial charge is 0.241 e. The minimum absolute atomic E-state index is 0.0797. The molecule has 0 unspecified atom stereocenters. The number of carbonyl (C=O) groups is 1. The zero-order valence-electron chi connectivity index (χ0n) is 18.7. The van der Waals surface area contributed by atoms with Crippen LogP contribution in [0.3, 0.4) is 0 Å². The number of ether oxygens (including phenoxy) is 2. The van der Waals surface area contributed by atoms with Crippen LogP contribution in [0.25, 0.3) is 0 Å². The lowest BCUT2D eigenvalue weighted by atomic mass is 9.98. The zero-order chi connectivity index (χ0) is 21.6. The van der Waals surface area contributed by atoms with Crippen molar-refractivity contribution in [3.05, 3.63) is 24.3 Å². The molecule has 1 aliphatic rings. The molecular formula is C23H38N4O3. The molecule has 0 aromatic heterocycles. The molecular weight excluding hydrogens is 380 g/mol. The average Bonchev–Trinajstić information content (AvgIpc) is 2.73. The first kappa shape index (κ1) is 24.0. The van der Waals surface area contributed by atoms with Gasteiger partial charge in [0.25, 0.3) is 0 Å². The van der Waals surface area contributed by atoms with E-state index >= 15 is 0 Å². The van der Waals surface area contributed by atoms with E-state index in [-0.39, 0.29) is 18.6 Å². The van der Waals surface area contributed by atoms with E-state index in [1.54, 1.807) is 0 Å². The maximum absolute atomic E-state index is 11.8. The van der Waals surface area contributed by atoms with E-state index in [1.165, 1.54) is 32.1 Å². The van der Waals surface area contributed by atoms with Crippen LogP contribution in [0.5, 0.6) is 5.75 Å². The highest BCUT2D eigenvalue weighted by atomic mass is 16.5. The lowest BCUT2D eigenvalue weighted by Gasteiger charge is -2.22. The van der Waals surface area contributed by atoms with E-state index in [4.69, 9.17) is 9.47 Å². The molecule has 0 atom stereocenters. The molecule has 1 fully saturated rings. The van der Waals surface area contributed by atoms with Gasteiger partial charge in [0.2, 0.25) is 5.91 Å². The summed E-state index contributed by atoms with van der Waals surface area (Å²) in [6.07, 6.45) is 7.72. The standard InChI is InChI=1S/C23H38N4O3/c1-4-24-22(28)17-26-23(25-15-8-16-29-20-9-6-5-7-10-20)27-19-11-13-21(14-12-19)30-18(2)3/h11-14,18,20H,4-10,15-17H2,1-3H3,(H,24,28)(H2,25,26,27). The van der Waals surface area contributed by atoms with E-state index in [0.29, 0.717) is 18.6 Å². The van der Waals surface area contributed by atoms with Gasteiger partial charge < -0.3 is 25.4 Å². The number of carbonyl (C=O) groups excluding carboxylic acids is 1. The molecule has 0 spiro atoms. The SMILES string of the molecule is CCNC(=O)CN=C(NCCCOC1CCCCC1)Nc1ccc(OC(C)C)cc1. The Kier molecular flexibility index (Phi) is 11.1. The molecule has 0 aliphatic heterocycles. The molecule has 1 aliphatic carbocycles. The van der Waals surface area contributed by atoms with Crippen LogP contribution in [0, 0.1) is 0 Å². The predicted octanol–water partition coefficient (Wildman–Crippen LogP) is 3.71. The van der Waals surface area contributed by atoms with Crippen molar-refractivity contribution in [2.45, 2.75) is 71.5 Å². The van der Waals surface area contributed by atoms with Gasteiger partial charge >= 0.3 is 0 Å². The van der Waals surface area contributed by atoms with Crippen LogP contribution < -0.4 is 20.7 Å². The third-order valence-electron chi connectivity index (χ3n) is 4.76. The predicted molar refractivity (Wildman–Crippen MR) is 122 cm³/mol. The number of nitrogens with zero attached hydrogens (tertiary/aromatic N) is 1. The maximum Gasteiger partial charge on any atom is 0.241 e. The molecule has 7 heteroatoms. The van der Waals surface area contributed by atoms with Crippen LogP contribution in [0.2, 0.25) is 0 Å². The van der Waals surface area contributed by atoms with Gasteiger partial charge in [0.15, 0.2) is 5.96 Å². The molecule has 7 nitrogen and oxygen atoms in total. The van der Waals surface area contributed by atoms with Gasteiger partial charge in [-0.05, 0) is 64.3 Å². The van der Waals surface area contributed by atoms with Crippen molar-refractivity contribution in [2.24, 2.45) is 4.99 Å². The second kappa shape index (κ2) is 13.9. The third kappa shape index (κ3) is 9.96. The Bertz CT molecular complexity index is 640. The first-order valence-corrected chi connectivity index (χ1v) is 11.3. The molecule has 0 saturated heterocycles. The quantitative estimate of drug-likeness (QED) is 0.290. The fourth-order valence-electron chi connectivity index (χ4n) is 3.33. The van der Waals surface area contributed by atoms with E-state index in [9.17, 15) is 4.79 Å². The van der Waals surface area contributed by atoms with E-state index in [0.717, 1.165) is 31.0 Å². The number of benzene rings is 1. The summed E-state index contributed by atoms with van der Waals surface area (Å²) in [6, 6.07) is 7.71. The molecule has 2 rings (SSSR count). The van der Waals surface area contributed by atoms with Gasteiger partial charge in [-0.15, -0.1) is 0 Å². The van der Waals surface area contributed by atoms with Crippen molar-refractivity contribution < 1.29 is 14.3 Å². The highest BCUT2D eigenvalue weighted by molar-refractivity contribution is 5.95. The summed E-state index contributed by atoms with van der Waals surface area (Å²) in [4.78, 5) is 16.2. The van der Waals surface area contributed by atoms with Gasteiger partial charge in [-0.1, -0.05) is 19.3 Å². The minimum Gasteiger partial charge on any atom is -0.491 e. The van der Waals surface area contributed by atoms with Crippen LogP contribution >= 0.6 is 0 Å². The maximum atomic E-state index is 11.8. The molecule has 168 valence electrons. The lowest BCUT2D eigenvalue weighted by Crippen LogP contribution is -2.34. The van der Waals surface area contributed by atoms with Crippen LogP contribution in [0.15, 0.2) is 29.3 Å². The molecule has 30 heavy (non-hydrogen) atoms. The Morgan fingerprint density at radius 1 is 1.13 bits per heavy atom. The Balaban J connectivity index is 1.83. The monoisotopic (exact) mass is 418 g/mol. The summed E-state index contributed by atoms with van der Waals surface area (Å²) in [5, 5.41) is 9.32. The first-order chi connectivity index (χ1) is 14.6. The Hall–Kier alpha value is -2.28. The van der Waals surface area contributed by atoms with Crippen LogP contribution in [0.1, 0.15) is 59.3 Å². The van der Waals surface area contributed by atoms with Crippen LogP contribution in [0.4, 0.5) is 5.69 Å². The van der Waals surface area contributed by atoms with Crippen molar-refractivity contribution in [1.29, 1.82) is 0 Å². The van der Waals surface area contributed by atoms with E-state index in [1.807, 2.05) is 45.0 Å². The highest BCUT2D eigenvalue weighted by Gasteiger charge is 2.13. The fourth-order valence-corrected chi connectivity index (χ4v) is 3.33. The molecule has 1 saturated carbocycles. The van der Waals surface area contributed by atoms with E-state index in [2.05, 4.69) is 20.9 Å². The summed E-state index contributed by atoms with van der Waals surface area (Å²) < 4.78 is 11.7. The summed E-state index contributed by atoms with van der Waals surface area (Å²) >= 11 is 0. The minimum atomic E-state index is -0.0973. The Morgan fingerprint density at radius 2 is 1.87 bits per heavy atom. The summed E-state index contributed by atoms with van der Waals surface area (Å²) in [5.41, 5.74) is 0.881. The van der Waals surface area contributed by atoms with Gasteiger partial charge in [-0.2, -0.15) is 0 Å².